The fourth-order valence-electron chi connectivity index (χ4n) is 4.04. The summed E-state index contributed by atoms with van der Waals surface area (Å²) in [6.45, 7) is 5.26. The molecular weight excluding hydrogens is 502 g/mol. The lowest BCUT2D eigenvalue weighted by atomic mass is 9.99. The van der Waals surface area contributed by atoms with Crippen LogP contribution in [0.2, 0.25) is 0 Å². The number of ketones is 1. The second-order valence-electron chi connectivity index (χ2n) is 10.2. The van der Waals surface area contributed by atoms with Crippen molar-refractivity contribution in [2.45, 2.75) is 32.8 Å². The van der Waals surface area contributed by atoms with Crippen LogP contribution in [0, 0.1) is 11.3 Å². The van der Waals surface area contributed by atoms with Gasteiger partial charge in [-0.1, -0.05) is 72.8 Å². The molecule has 0 fully saturated rings. The van der Waals surface area contributed by atoms with Gasteiger partial charge in [0.1, 0.15) is 5.60 Å². The molecular formula is C33H29N3O4. The summed E-state index contributed by atoms with van der Waals surface area (Å²) in [4.78, 5) is 38.1. The molecule has 40 heavy (non-hydrogen) atoms. The molecule has 7 heteroatoms. The zero-order valence-electron chi connectivity index (χ0n) is 22.5. The molecule has 2 N–H and O–H groups in total. The molecule has 0 atom stereocenters. The van der Waals surface area contributed by atoms with E-state index in [1.54, 1.807) is 51.1 Å². The Morgan fingerprint density at radius 3 is 2.00 bits per heavy atom. The van der Waals surface area contributed by atoms with Crippen molar-refractivity contribution in [3.63, 3.8) is 0 Å². The van der Waals surface area contributed by atoms with Crippen LogP contribution in [0.3, 0.4) is 0 Å². The van der Waals surface area contributed by atoms with Crippen molar-refractivity contribution in [1.82, 2.24) is 0 Å². The molecule has 2 amide bonds. The van der Waals surface area contributed by atoms with E-state index >= 15 is 0 Å². The van der Waals surface area contributed by atoms with Crippen LogP contribution < -0.4 is 10.6 Å². The largest absolute Gasteiger partial charge is 0.444 e. The van der Waals surface area contributed by atoms with Crippen LogP contribution in [0.1, 0.15) is 43.1 Å². The third-order valence-electron chi connectivity index (χ3n) is 5.89. The van der Waals surface area contributed by atoms with Gasteiger partial charge in [-0.05, 0) is 67.3 Å². The molecule has 0 saturated heterocycles. The van der Waals surface area contributed by atoms with E-state index in [0.717, 1.165) is 22.3 Å². The van der Waals surface area contributed by atoms with E-state index < -0.39 is 29.8 Å². The second kappa shape index (κ2) is 12.1. The maximum atomic E-state index is 12.9. The van der Waals surface area contributed by atoms with Crippen molar-refractivity contribution >= 4 is 29.2 Å². The molecule has 0 unspecified atom stereocenters. The van der Waals surface area contributed by atoms with E-state index in [9.17, 15) is 14.4 Å². The Hall–Kier alpha value is -5.22. The molecule has 0 spiro atoms. The number of rotatable bonds is 7. The molecule has 0 aliphatic heterocycles. The highest BCUT2D eigenvalue weighted by molar-refractivity contribution is 6.12. The summed E-state index contributed by atoms with van der Waals surface area (Å²) in [5, 5.41) is 14.5. The quantitative estimate of drug-likeness (QED) is 0.190. The van der Waals surface area contributed by atoms with E-state index in [1.807, 2.05) is 66.7 Å². The summed E-state index contributed by atoms with van der Waals surface area (Å²) in [5.41, 5.74) is 4.42. The Kier molecular flexibility index (Phi) is 8.41. The average molecular weight is 532 g/mol. The summed E-state index contributed by atoms with van der Waals surface area (Å²) in [6.07, 6.45) is -1.11. The topological polar surface area (TPSA) is 108 Å². The van der Waals surface area contributed by atoms with E-state index in [-0.39, 0.29) is 5.56 Å². The van der Waals surface area contributed by atoms with Crippen LogP contribution in [-0.2, 0) is 9.53 Å². The van der Waals surface area contributed by atoms with Gasteiger partial charge in [-0.2, -0.15) is 5.26 Å². The van der Waals surface area contributed by atoms with Gasteiger partial charge in [0.2, 0.25) is 5.91 Å². The fourth-order valence-corrected chi connectivity index (χ4v) is 4.04. The number of nitriles is 1. The summed E-state index contributed by atoms with van der Waals surface area (Å²) >= 11 is 0. The van der Waals surface area contributed by atoms with Crippen molar-refractivity contribution in [3.05, 3.63) is 108 Å². The third kappa shape index (κ3) is 7.42. The smallest absolute Gasteiger partial charge is 0.412 e. The molecule has 0 radical (unpaired) electrons. The monoisotopic (exact) mass is 531 g/mol. The predicted octanol–water partition coefficient (Wildman–Crippen LogP) is 7.45. The number of ether oxygens (including phenoxy) is 1. The zero-order valence-corrected chi connectivity index (χ0v) is 22.5. The van der Waals surface area contributed by atoms with Gasteiger partial charge < -0.3 is 10.1 Å². The van der Waals surface area contributed by atoms with Gasteiger partial charge in [-0.3, -0.25) is 14.9 Å². The van der Waals surface area contributed by atoms with Crippen LogP contribution >= 0.6 is 0 Å². The summed E-state index contributed by atoms with van der Waals surface area (Å²) < 4.78 is 5.37. The summed E-state index contributed by atoms with van der Waals surface area (Å²) in [5.74, 6) is -0.986. The highest BCUT2D eigenvalue weighted by atomic mass is 16.6. The lowest BCUT2D eigenvalue weighted by molar-refractivity contribution is -0.115. The third-order valence-corrected chi connectivity index (χ3v) is 5.89. The molecule has 7 nitrogen and oxygen atoms in total. The maximum Gasteiger partial charge on any atom is 0.412 e. The number of carbonyl (C=O) groups excluding carboxylic acids is 3. The first-order valence-electron chi connectivity index (χ1n) is 12.7. The minimum absolute atomic E-state index is 0.272. The van der Waals surface area contributed by atoms with Crippen molar-refractivity contribution in [1.29, 1.82) is 5.26 Å². The lowest BCUT2D eigenvalue weighted by Crippen LogP contribution is -2.27. The van der Waals surface area contributed by atoms with E-state index in [2.05, 4.69) is 10.6 Å². The number of Topliss-reactive ketones (excluding diaryl/α,β-unsaturated/α-hetero) is 1. The van der Waals surface area contributed by atoms with Crippen molar-refractivity contribution in [2.75, 3.05) is 10.6 Å². The molecule has 0 saturated carbocycles. The molecule has 4 aromatic rings. The first-order valence-corrected chi connectivity index (χ1v) is 12.7. The lowest BCUT2D eigenvalue weighted by Gasteiger charge is -2.21. The van der Waals surface area contributed by atoms with E-state index in [1.165, 1.54) is 6.07 Å². The van der Waals surface area contributed by atoms with E-state index in [4.69, 9.17) is 10.00 Å². The van der Waals surface area contributed by atoms with Crippen LogP contribution in [-0.4, -0.2) is 23.4 Å². The number of benzene rings is 4. The summed E-state index contributed by atoms with van der Waals surface area (Å²) in [7, 11) is 0. The van der Waals surface area contributed by atoms with Crippen molar-refractivity contribution in [3.8, 4) is 28.3 Å². The summed E-state index contributed by atoms with van der Waals surface area (Å²) in [6, 6.07) is 31.4. The van der Waals surface area contributed by atoms with Crippen LogP contribution in [0.15, 0.2) is 97.1 Å². The number of hydrogen-bond donors (Lipinski definition) is 2. The van der Waals surface area contributed by atoms with Gasteiger partial charge in [0.25, 0.3) is 0 Å². The van der Waals surface area contributed by atoms with Crippen LogP contribution in [0.5, 0.6) is 0 Å². The molecule has 4 rings (SSSR count). The van der Waals surface area contributed by atoms with Gasteiger partial charge in [-0.15, -0.1) is 0 Å². The number of carbonyl (C=O) groups is 3. The molecule has 0 aliphatic rings. The minimum atomic E-state index is -0.710. The SMILES string of the molecule is CC(C)(C)OC(=O)Nc1ccc(-c2ccc(-c3ccccc3)cc2)cc1NC(=O)CC(=O)c1cccc(C#N)c1. The molecule has 0 aromatic heterocycles. The standard InChI is InChI=1S/C33H29N3O4/c1-33(2,3)40-32(39)36-28-17-16-26(25-14-12-24(13-15-25)23-9-5-4-6-10-23)19-29(28)35-31(38)20-30(37)27-11-7-8-22(18-27)21-34/h4-19H,20H2,1-3H3,(H,35,38)(H,36,39). The van der Waals surface area contributed by atoms with Gasteiger partial charge >= 0.3 is 6.09 Å². The zero-order chi connectivity index (χ0) is 28.7. The Labute approximate surface area is 233 Å². The fraction of sp³-hybridized carbons (Fsp3) is 0.152. The Morgan fingerprint density at radius 2 is 1.35 bits per heavy atom. The molecule has 0 aliphatic carbocycles. The maximum absolute atomic E-state index is 12.9. The molecule has 0 bridgehead atoms. The normalized spacial score (nSPS) is 10.8. The van der Waals surface area contributed by atoms with Crippen molar-refractivity contribution in [2.24, 2.45) is 0 Å². The Bertz CT molecular complexity index is 1580. The Morgan fingerprint density at radius 1 is 0.725 bits per heavy atom. The average Bonchev–Trinajstić information content (AvgIpc) is 2.93. The second-order valence-corrected chi connectivity index (χ2v) is 10.2. The molecule has 200 valence electrons. The number of hydrogen-bond acceptors (Lipinski definition) is 5. The van der Waals surface area contributed by atoms with Gasteiger partial charge in [-0.25, -0.2) is 4.79 Å². The predicted molar refractivity (Wildman–Crippen MR) is 156 cm³/mol. The van der Waals surface area contributed by atoms with Crippen molar-refractivity contribution < 1.29 is 19.1 Å². The number of nitrogens with zero attached hydrogens (tertiary/aromatic N) is 1. The highest BCUT2D eigenvalue weighted by Crippen LogP contribution is 2.31. The number of amides is 2. The highest BCUT2D eigenvalue weighted by Gasteiger charge is 2.19. The number of nitrogens with one attached hydrogen (secondary N) is 2. The van der Waals surface area contributed by atoms with Gasteiger partial charge in [0, 0.05) is 5.56 Å². The number of anilines is 2. The van der Waals surface area contributed by atoms with Gasteiger partial charge in [0.15, 0.2) is 5.78 Å². The van der Waals surface area contributed by atoms with Crippen LogP contribution in [0.25, 0.3) is 22.3 Å². The van der Waals surface area contributed by atoms with Crippen LogP contribution in [0.4, 0.5) is 16.2 Å². The molecule has 0 heterocycles. The van der Waals surface area contributed by atoms with E-state index in [0.29, 0.717) is 16.9 Å². The first kappa shape index (κ1) is 27.8. The molecule has 4 aromatic carbocycles. The minimum Gasteiger partial charge on any atom is -0.444 e. The Balaban J connectivity index is 1.59. The first-order chi connectivity index (χ1) is 19.1. The van der Waals surface area contributed by atoms with Gasteiger partial charge in [0.05, 0.1) is 29.4 Å².